The summed E-state index contributed by atoms with van der Waals surface area (Å²) in [5.74, 6) is -2.01. The van der Waals surface area contributed by atoms with E-state index in [1.54, 1.807) is 12.1 Å². The topological polar surface area (TPSA) is 76.5 Å². The van der Waals surface area contributed by atoms with E-state index in [4.69, 9.17) is 33.0 Å². The summed E-state index contributed by atoms with van der Waals surface area (Å²) in [4.78, 5) is 28.0. The van der Waals surface area contributed by atoms with Crippen LogP contribution in [0.2, 0.25) is 10.0 Å². The molecule has 0 radical (unpaired) electrons. The molecule has 30 heavy (non-hydrogen) atoms. The molecule has 0 amide bonds. The molecule has 5 nitrogen and oxygen atoms in total. The van der Waals surface area contributed by atoms with Crippen molar-refractivity contribution < 1.29 is 23.8 Å². The van der Waals surface area contributed by atoms with E-state index < -0.39 is 11.8 Å². The molecule has 0 aliphatic carbocycles. The number of carboxylic acid groups (broad SMARTS) is 1. The van der Waals surface area contributed by atoms with Gasteiger partial charge in [0.2, 0.25) is 5.88 Å². The Morgan fingerprint density at radius 2 is 1.83 bits per heavy atom. The van der Waals surface area contributed by atoms with E-state index in [1.807, 2.05) is 6.92 Å². The van der Waals surface area contributed by atoms with Crippen LogP contribution in [0.3, 0.4) is 0 Å². The third kappa shape index (κ3) is 5.14. The first-order chi connectivity index (χ1) is 14.2. The molecule has 0 aliphatic rings. The number of halogens is 3. The largest absolute Gasteiger partial charge is 0.478 e. The summed E-state index contributed by atoms with van der Waals surface area (Å²) in [6.07, 6.45) is 1.44. The Morgan fingerprint density at radius 1 is 1.13 bits per heavy atom. The van der Waals surface area contributed by atoms with Crippen molar-refractivity contribution in [2.75, 3.05) is 0 Å². The second kappa shape index (κ2) is 9.24. The van der Waals surface area contributed by atoms with Crippen LogP contribution >= 0.6 is 23.2 Å². The SMILES string of the molecule is C[C@H](CC(=O)c1cc(Cl)cnc1Oc1ccc(Cl)c(F)c1)c1ccc(C(=O)O)cc1. The molecular formula is C22H16Cl2FNO4. The maximum absolute atomic E-state index is 13.7. The molecule has 154 valence electrons. The first-order valence-electron chi connectivity index (χ1n) is 8.89. The molecule has 0 saturated carbocycles. The third-order valence-electron chi connectivity index (χ3n) is 4.44. The van der Waals surface area contributed by atoms with Crippen molar-refractivity contribution in [2.45, 2.75) is 19.3 Å². The van der Waals surface area contributed by atoms with Crippen LogP contribution in [0.1, 0.15) is 45.5 Å². The minimum Gasteiger partial charge on any atom is -0.478 e. The normalized spacial score (nSPS) is 11.7. The Balaban J connectivity index is 1.81. The number of hydrogen-bond acceptors (Lipinski definition) is 4. The van der Waals surface area contributed by atoms with Crippen LogP contribution in [0, 0.1) is 5.82 Å². The number of carbonyl (C=O) groups excluding carboxylic acids is 1. The molecule has 3 aromatic rings. The quantitative estimate of drug-likeness (QED) is 0.424. The molecule has 0 bridgehead atoms. The van der Waals surface area contributed by atoms with Gasteiger partial charge in [0.05, 0.1) is 21.2 Å². The average molecular weight is 448 g/mol. The zero-order valence-corrected chi connectivity index (χ0v) is 17.2. The zero-order chi connectivity index (χ0) is 21.8. The number of carboxylic acids is 1. The Morgan fingerprint density at radius 3 is 2.47 bits per heavy atom. The number of hydrogen-bond donors (Lipinski definition) is 1. The van der Waals surface area contributed by atoms with Gasteiger partial charge in [-0.1, -0.05) is 42.3 Å². The molecule has 0 saturated heterocycles. The fraction of sp³-hybridized carbons (Fsp3) is 0.136. The van der Waals surface area contributed by atoms with Gasteiger partial charge in [-0.15, -0.1) is 0 Å². The van der Waals surface area contributed by atoms with Crippen molar-refractivity contribution in [3.8, 4) is 11.6 Å². The number of carbonyl (C=O) groups is 2. The molecule has 0 spiro atoms. The lowest BCUT2D eigenvalue weighted by atomic mass is 9.93. The summed E-state index contributed by atoms with van der Waals surface area (Å²) < 4.78 is 19.3. The van der Waals surface area contributed by atoms with Crippen LogP contribution in [-0.2, 0) is 0 Å². The van der Waals surface area contributed by atoms with Gasteiger partial charge in [-0.2, -0.15) is 0 Å². The minimum absolute atomic E-state index is 0.000419. The van der Waals surface area contributed by atoms with E-state index in [9.17, 15) is 14.0 Å². The lowest BCUT2D eigenvalue weighted by molar-refractivity contribution is 0.0696. The van der Waals surface area contributed by atoms with Gasteiger partial charge in [0, 0.05) is 18.7 Å². The molecule has 1 heterocycles. The number of Topliss-reactive ketones (excluding diaryl/α,β-unsaturated/α-hetero) is 1. The Hall–Kier alpha value is -2.96. The van der Waals surface area contributed by atoms with Gasteiger partial charge in [-0.05, 0) is 41.8 Å². The van der Waals surface area contributed by atoms with Crippen molar-refractivity contribution >= 4 is 35.0 Å². The first-order valence-corrected chi connectivity index (χ1v) is 9.65. The van der Waals surface area contributed by atoms with E-state index in [2.05, 4.69) is 4.98 Å². The monoisotopic (exact) mass is 447 g/mol. The molecule has 2 aromatic carbocycles. The maximum atomic E-state index is 13.7. The number of aromatic nitrogens is 1. The predicted octanol–water partition coefficient (Wildman–Crippen LogP) is 6.39. The number of nitrogens with zero attached hydrogens (tertiary/aromatic N) is 1. The summed E-state index contributed by atoms with van der Waals surface area (Å²) in [6, 6.07) is 11.7. The highest BCUT2D eigenvalue weighted by Crippen LogP contribution is 2.30. The molecule has 1 aromatic heterocycles. The lowest BCUT2D eigenvalue weighted by Crippen LogP contribution is -2.08. The van der Waals surface area contributed by atoms with Crippen LogP contribution in [0.5, 0.6) is 11.6 Å². The van der Waals surface area contributed by atoms with Crippen LogP contribution in [0.15, 0.2) is 54.7 Å². The second-order valence-electron chi connectivity index (χ2n) is 6.64. The van der Waals surface area contributed by atoms with Crippen molar-refractivity contribution in [1.82, 2.24) is 4.98 Å². The van der Waals surface area contributed by atoms with Gasteiger partial charge < -0.3 is 9.84 Å². The molecular weight excluding hydrogens is 432 g/mol. The molecule has 0 aliphatic heterocycles. The van der Waals surface area contributed by atoms with Crippen molar-refractivity contribution in [1.29, 1.82) is 0 Å². The van der Waals surface area contributed by atoms with Crippen molar-refractivity contribution in [2.24, 2.45) is 0 Å². The van der Waals surface area contributed by atoms with Crippen molar-refractivity contribution in [3.63, 3.8) is 0 Å². The molecule has 3 rings (SSSR count). The highest BCUT2D eigenvalue weighted by molar-refractivity contribution is 6.31. The Kier molecular flexibility index (Phi) is 6.70. The summed E-state index contributed by atoms with van der Waals surface area (Å²) in [6.45, 7) is 1.85. The van der Waals surface area contributed by atoms with Gasteiger partial charge in [0.1, 0.15) is 11.6 Å². The number of rotatable bonds is 7. The molecule has 1 N–H and O–H groups in total. The number of benzene rings is 2. The standard InChI is InChI=1S/C22H16Cl2FNO4/c1-12(13-2-4-14(5-3-13)22(28)29)8-20(27)17-9-15(23)11-26-21(17)30-16-6-7-18(24)19(25)10-16/h2-7,9-12H,8H2,1H3,(H,28,29)/t12-/m1/s1. The number of aromatic carboxylic acids is 1. The zero-order valence-electron chi connectivity index (χ0n) is 15.7. The van der Waals surface area contributed by atoms with Crippen LogP contribution < -0.4 is 4.74 Å². The summed E-state index contributed by atoms with van der Waals surface area (Å²) >= 11 is 11.7. The minimum atomic E-state index is -1.02. The van der Waals surface area contributed by atoms with Gasteiger partial charge in [0.15, 0.2) is 5.78 Å². The van der Waals surface area contributed by atoms with Gasteiger partial charge in [0.25, 0.3) is 0 Å². The smallest absolute Gasteiger partial charge is 0.335 e. The molecule has 0 unspecified atom stereocenters. The Labute approximate surface area is 182 Å². The second-order valence-corrected chi connectivity index (χ2v) is 7.48. The van der Waals surface area contributed by atoms with Crippen LogP contribution in [0.4, 0.5) is 4.39 Å². The van der Waals surface area contributed by atoms with E-state index in [0.29, 0.717) is 0 Å². The van der Waals surface area contributed by atoms with E-state index in [-0.39, 0.29) is 50.9 Å². The average Bonchev–Trinajstić information content (AvgIpc) is 2.72. The molecule has 0 fully saturated rings. The number of ether oxygens (including phenoxy) is 1. The van der Waals surface area contributed by atoms with Crippen molar-refractivity contribution in [3.05, 3.63) is 87.3 Å². The fourth-order valence-corrected chi connectivity index (χ4v) is 3.10. The van der Waals surface area contributed by atoms with Gasteiger partial charge in [-0.3, -0.25) is 4.79 Å². The third-order valence-corrected chi connectivity index (χ3v) is 4.96. The lowest BCUT2D eigenvalue weighted by Gasteiger charge is -2.14. The molecule has 8 heteroatoms. The molecule has 1 atom stereocenters. The van der Waals surface area contributed by atoms with Crippen LogP contribution in [0.25, 0.3) is 0 Å². The number of ketones is 1. The van der Waals surface area contributed by atoms with Crippen LogP contribution in [-0.4, -0.2) is 21.8 Å². The highest BCUT2D eigenvalue weighted by Gasteiger charge is 2.20. The van der Waals surface area contributed by atoms with Gasteiger partial charge in [-0.25, -0.2) is 14.2 Å². The summed E-state index contributed by atoms with van der Waals surface area (Å²) in [5.41, 5.74) is 1.14. The summed E-state index contributed by atoms with van der Waals surface area (Å²) in [7, 11) is 0. The maximum Gasteiger partial charge on any atom is 0.335 e. The Bertz CT molecular complexity index is 1100. The van der Waals surface area contributed by atoms with E-state index in [1.165, 1.54) is 36.5 Å². The summed E-state index contributed by atoms with van der Waals surface area (Å²) in [5, 5.41) is 9.21. The van der Waals surface area contributed by atoms with Gasteiger partial charge >= 0.3 is 5.97 Å². The number of pyridine rings is 1. The highest BCUT2D eigenvalue weighted by atomic mass is 35.5. The van der Waals surface area contributed by atoms with E-state index >= 15 is 0 Å². The van der Waals surface area contributed by atoms with E-state index in [0.717, 1.165) is 11.6 Å². The predicted molar refractivity (Wildman–Crippen MR) is 111 cm³/mol. The first kappa shape index (κ1) is 21.7. The fourth-order valence-electron chi connectivity index (χ4n) is 2.82.